The molecular weight excluding hydrogens is 202 g/mol. The molecule has 0 spiro atoms. The van der Waals surface area contributed by atoms with Crippen LogP contribution in [0.3, 0.4) is 0 Å². The Balaban J connectivity index is 1.92. The van der Waals surface area contributed by atoms with Crippen LogP contribution >= 0.6 is 0 Å². The van der Waals surface area contributed by atoms with Crippen molar-refractivity contribution in [2.75, 3.05) is 6.61 Å². The van der Waals surface area contributed by atoms with Crippen molar-refractivity contribution in [1.29, 1.82) is 0 Å². The summed E-state index contributed by atoms with van der Waals surface area (Å²) in [5.41, 5.74) is 3.82. The summed E-state index contributed by atoms with van der Waals surface area (Å²) in [5.74, 6) is 1.54. The van der Waals surface area contributed by atoms with Crippen LogP contribution in [-0.2, 0) is 24.4 Å². The molecule has 0 amide bonds. The van der Waals surface area contributed by atoms with Gasteiger partial charge in [-0.2, -0.15) is 0 Å². The molecule has 86 valence electrons. The topological polar surface area (TPSA) is 47.0 Å². The van der Waals surface area contributed by atoms with Gasteiger partial charge in [0.15, 0.2) is 5.82 Å². The van der Waals surface area contributed by atoms with Gasteiger partial charge in [0.05, 0.1) is 11.4 Å². The second-order valence-electron chi connectivity index (χ2n) is 4.47. The molecule has 4 heteroatoms. The lowest BCUT2D eigenvalue weighted by Crippen LogP contribution is -2.06. The highest BCUT2D eigenvalue weighted by Crippen LogP contribution is 2.41. The molecule has 0 unspecified atom stereocenters. The van der Waals surface area contributed by atoms with Gasteiger partial charge >= 0.3 is 0 Å². The Morgan fingerprint density at radius 2 is 2.19 bits per heavy atom. The van der Waals surface area contributed by atoms with Gasteiger partial charge in [-0.1, -0.05) is 0 Å². The summed E-state index contributed by atoms with van der Waals surface area (Å²) in [7, 11) is 0. The van der Waals surface area contributed by atoms with Crippen molar-refractivity contribution >= 4 is 0 Å². The highest BCUT2D eigenvalue weighted by molar-refractivity contribution is 5.33. The first-order valence-electron chi connectivity index (χ1n) is 6.05. The van der Waals surface area contributed by atoms with Crippen LogP contribution in [0.15, 0.2) is 0 Å². The van der Waals surface area contributed by atoms with E-state index in [4.69, 9.17) is 4.74 Å². The SMILES string of the molecule is CCOCc1nc2c(c(C3CC3)n1)CNC2. The number of nitrogens with one attached hydrogen (secondary N) is 1. The first-order chi connectivity index (χ1) is 7.88. The van der Waals surface area contributed by atoms with Crippen molar-refractivity contribution in [3.05, 3.63) is 22.8 Å². The van der Waals surface area contributed by atoms with Crippen molar-refractivity contribution in [2.45, 2.75) is 45.4 Å². The zero-order valence-electron chi connectivity index (χ0n) is 9.62. The molecule has 2 aliphatic rings. The van der Waals surface area contributed by atoms with Crippen LogP contribution in [-0.4, -0.2) is 16.6 Å². The van der Waals surface area contributed by atoms with Gasteiger partial charge in [-0.3, -0.25) is 0 Å². The quantitative estimate of drug-likeness (QED) is 0.833. The fourth-order valence-corrected chi connectivity index (χ4v) is 2.20. The van der Waals surface area contributed by atoms with Crippen LogP contribution < -0.4 is 5.32 Å². The van der Waals surface area contributed by atoms with Crippen molar-refractivity contribution in [3.8, 4) is 0 Å². The average Bonchev–Trinajstić information content (AvgIpc) is 3.03. The van der Waals surface area contributed by atoms with E-state index >= 15 is 0 Å². The van der Waals surface area contributed by atoms with E-state index in [2.05, 4.69) is 15.3 Å². The number of nitrogens with zero attached hydrogens (tertiary/aromatic N) is 2. The molecule has 2 heterocycles. The third-order valence-corrected chi connectivity index (χ3v) is 3.16. The van der Waals surface area contributed by atoms with E-state index in [0.29, 0.717) is 12.5 Å². The summed E-state index contributed by atoms with van der Waals surface area (Å²) in [4.78, 5) is 9.23. The molecule has 1 N–H and O–H groups in total. The number of fused-ring (bicyclic) bond motifs is 1. The van der Waals surface area contributed by atoms with Crippen LogP contribution in [0.2, 0.25) is 0 Å². The standard InChI is InChI=1S/C12H17N3O/c1-2-16-7-11-14-10-6-13-5-9(10)12(15-11)8-3-4-8/h8,13H,2-7H2,1H3. The molecule has 3 rings (SSSR count). The van der Waals surface area contributed by atoms with Gasteiger partial charge in [-0.05, 0) is 19.8 Å². The van der Waals surface area contributed by atoms with E-state index in [-0.39, 0.29) is 0 Å². The number of aromatic nitrogens is 2. The third kappa shape index (κ3) is 1.83. The summed E-state index contributed by atoms with van der Waals surface area (Å²) in [6.45, 7) is 5.09. The molecule has 1 aromatic heterocycles. The molecule has 0 atom stereocenters. The maximum absolute atomic E-state index is 5.39. The number of ether oxygens (including phenoxy) is 1. The fourth-order valence-electron chi connectivity index (χ4n) is 2.20. The van der Waals surface area contributed by atoms with Crippen LogP contribution in [0.5, 0.6) is 0 Å². The lowest BCUT2D eigenvalue weighted by atomic mass is 10.1. The van der Waals surface area contributed by atoms with Gasteiger partial charge in [-0.25, -0.2) is 9.97 Å². The molecule has 0 saturated heterocycles. The Bertz CT molecular complexity index is 401. The summed E-state index contributed by atoms with van der Waals surface area (Å²) in [6, 6.07) is 0. The largest absolute Gasteiger partial charge is 0.374 e. The Morgan fingerprint density at radius 3 is 2.94 bits per heavy atom. The maximum Gasteiger partial charge on any atom is 0.154 e. The zero-order chi connectivity index (χ0) is 11.0. The highest BCUT2D eigenvalue weighted by Gasteiger charge is 2.31. The lowest BCUT2D eigenvalue weighted by Gasteiger charge is -2.08. The highest BCUT2D eigenvalue weighted by atomic mass is 16.5. The fraction of sp³-hybridized carbons (Fsp3) is 0.667. The van der Waals surface area contributed by atoms with Gasteiger partial charge in [0.25, 0.3) is 0 Å². The molecule has 1 saturated carbocycles. The summed E-state index contributed by atoms with van der Waals surface area (Å²) in [6.07, 6.45) is 2.58. The Morgan fingerprint density at radius 1 is 1.31 bits per heavy atom. The minimum atomic E-state index is 0.545. The molecule has 1 aromatic rings. The van der Waals surface area contributed by atoms with Crippen molar-refractivity contribution in [1.82, 2.24) is 15.3 Å². The van der Waals surface area contributed by atoms with E-state index in [1.165, 1.54) is 29.8 Å². The Kier molecular flexibility index (Phi) is 2.61. The van der Waals surface area contributed by atoms with Gasteiger partial charge < -0.3 is 10.1 Å². The molecule has 1 aliphatic carbocycles. The normalized spacial score (nSPS) is 18.8. The smallest absolute Gasteiger partial charge is 0.154 e. The van der Waals surface area contributed by atoms with Crippen molar-refractivity contribution in [2.24, 2.45) is 0 Å². The molecule has 4 nitrogen and oxygen atoms in total. The first-order valence-corrected chi connectivity index (χ1v) is 6.05. The Hall–Kier alpha value is -1.00. The predicted octanol–water partition coefficient (Wildman–Crippen LogP) is 1.49. The van der Waals surface area contributed by atoms with E-state index < -0.39 is 0 Å². The van der Waals surface area contributed by atoms with Crippen LogP contribution in [0.25, 0.3) is 0 Å². The molecule has 1 aliphatic heterocycles. The summed E-state index contributed by atoms with van der Waals surface area (Å²) in [5, 5.41) is 3.35. The van der Waals surface area contributed by atoms with E-state index in [0.717, 1.165) is 25.5 Å². The first kappa shape index (κ1) is 10.2. The number of hydrogen-bond acceptors (Lipinski definition) is 4. The lowest BCUT2D eigenvalue weighted by molar-refractivity contribution is 0.128. The number of hydrogen-bond donors (Lipinski definition) is 1. The number of rotatable bonds is 4. The molecule has 0 aromatic carbocycles. The minimum Gasteiger partial charge on any atom is -0.374 e. The molecule has 1 fully saturated rings. The second kappa shape index (κ2) is 4.11. The Labute approximate surface area is 95.4 Å². The monoisotopic (exact) mass is 219 g/mol. The van der Waals surface area contributed by atoms with Crippen molar-refractivity contribution in [3.63, 3.8) is 0 Å². The second-order valence-corrected chi connectivity index (χ2v) is 4.47. The molecular formula is C12H17N3O. The minimum absolute atomic E-state index is 0.545. The van der Waals surface area contributed by atoms with Gasteiger partial charge in [0, 0.05) is 31.2 Å². The summed E-state index contributed by atoms with van der Waals surface area (Å²) >= 11 is 0. The average molecular weight is 219 g/mol. The van der Waals surface area contributed by atoms with Crippen LogP contribution in [0.4, 0.5) is 0 Å². The summed E-state index contributed by atoms with van der Waals surface area (Å²) < 4.78 is 5.39. The molecule has 0 bridgehead atoms. The van der Waals surface area contributed by atoms with Crippen molar-refractivity contribution < 1.29 is 4.74 Å². The van der Waals surface area contributed by atoms with E-state index in [9.17, 15) is 0 Å². The molecule has 0 radical (unpaired) electrons. The maximum atomic E-state index is 5.39. The zero-order valence-corrected chi connectivity index (χ0v) is 9.62. The van der Waals surface area contributed by atoms with Crippen LogP contribution in [0, 0.1) is 0 Å². The molecule has 16 heavy (non-hydrogen) atoms. The van der Waals surface area contributed by atoms with Gasteiger partial charge in [0.1, 0.15) is 6.61 Å². The van der Waals surface area contributed by atoms with Crippen LogP contribution in [0.1, 0.15) is 48.5 Å². The van der Waals surface area contributed by atoms with E-state index in [1.807, 2.05) is 6.92 Å². The predicted molar refractivity (Wildman–Crippen MR) is 59.9 cm³/mol. The van der Waals surface area contributed by atoms with Gasteiger partial charge in [-0.15, -0.1) is 0 Å². The third-order valence-electron chi connectivity index (χ3n) is 3.16. The van der Waals surface area contributed by atoms with Gasteiger partial charge in [0.2, 0.25) is 0 Å². The van der Waals surface area contributed by atoms with E-state index in [1.54, 1.807) is 0 Å².